The van der Waals surface area contributed by atoms with E-state index in [1.165, 1.54) is 0 Å². The number of thioether (sulfide) groups is 1. The van der Waals surface area contributed by atoms with Gasteiger partial charge in [-0.05, 0) is 37.6 Å². The van der Waals surface area contributed by atoms with Gasteiger partial charge >= 0.3 is 0 Å². The molecule has 5 nitrogen and oxygen atoms in total. The third kappa shape index (κ3) is 2.97. The first-order valence-electron chi connectivity index (χ1n) is 7.86. The van der Waals surface area contributed by atoms with E-state index in [9.17, 15) is 0 Å². The molecule has 0 aliphatic carbocycles. The molecule has 0 atom stereocenters. The second-order valence-corrected chi connectivity index (χ2v) is 6.80. The Morgan fingerprint density at radius 3 is 2.67 bits per heavy atom. The van der Waals surface area contributed by atoms with Crippen molar-refractivity contribution in [1.29, 1.82) is 0 Å². The van der Waals surface area contributed by atoms with Crippen LogP contribution in [0, 0.1) is 13.8 Å². The predicted octanol–water partition coefficient (Wildman–Crippen LogP) is 4.23. The molecule has 0 amide bonds. The first-order valence-corrected chi connectivity index (χ1v) is 8.85. The molecule has 0 fully saturated rings. The van der Waals surface area contributed by atoms with Gasteiger partial charge in [0, 0.05) is 5.75 Å². The van der Waals surface area contributed by atoms with Gasteiger partial charge in [0.2, 0.25) is 0 Å². The fraction of sp³-hybridized carbons (Fsp3) is 0.222. The van der Waals surface area contributed by atoms with Gasteiger partial charge in [0.25, 0.3) is 0 Å². The number of benzene rings is 2. The third-order valence-corrected chi connectivity index (χ3v) is 4.69. The van der Waals surface area contributed by atoms with E-state index in [0.717, 1.165) is 50.1 Å². The molecular weight excluding hydrogens is 320 g/mol. The maximum Gasteiger partial charge on any atom is 0.166 e. The van der Waals surface area contributed by atoms with E-state index in [1.54, 1.807) is 11.8 Å². The second-order valence-electron chi connectivity index (χ2n) is 5.71. The summed E-state index contributed by atoms with van der Waals surface area (Å²) in [6.07, 6.45) is 0. The van der Waals surface area contributed by atoms with Gasteiger partial charge in [0.05, 0.1) is 28.7 Å². The molecule has 2 aromatic carbocycles. The van der Waals surface area contributed by atoms with Crippen molar-refractivity contribution in [1.82, 2.24) is 19.9 Å². The van der Waals surface area contributed by atoms with Crippen molar-refractivity contribution in [2.75, 3.05) is 12.4 Å². The van der Waals surface area contributed by atoms with Gasteiger partial charge in [-0.25, -0.2) is 9.97 Å². The molecular formula is C18H18N4OS. The first-order chi connectivity index (χ1) is 11.7. The van der Waals surface area contributed by atoms with Crippen molar-refractivity contribution in [2.45, 2.75) is 19.0 Å². The molecule has 0 radical (unpaired) electrons. The second kappa shape index (κ2) is 6.20. The lowest BCUT2D eigenvalue weighted by atomic mass is 10.2. The molecule has 122 valence electrons. The third-order valence-electron chi connectivity index (χ3n) is 3.85. The van der Waals surface area contributed by atoms with Gasteiger partial charge in [0.1, 0.15) is 11.6 Å². The Kier molecular flexibility index (Phi) is 3.90. The molecule has 0 aliphatic rings. The van der Waals surface area contributed by atoms with E-state index >= 15 is 0 Å². The summed E-state index contributed by atoms with van der Waals surface area (Å²) in [5.74, 6) is 2.70. The van der Waals surface area contributed by atoms with Crippen LogP contribution in [0.15, 0.2) is 41.6 Å². The summed E-state index contributed by atoms with van der Waals surface area (Å²) in [4.78, 5) is 15.7. The molecule has 0 saturated carbocycles. The van der Waals surface area contributed by atoms with E-state index in [-0.39, 0.29) is 0 Å². The molecule has 2 heterocycles. The number of aromatic amines is 2. The smallest absolute Gasteiger partial charge is 0.166 e. The number of aryl methyl sites for hydroxylation is 2. The first kappa shape index (κ1) is 15.1. The van der Waals surface area contributed by atoms with Gasteiger partial charge < -0.3 is 14.7 Å². The fourth-order valence-electron chi connectivity index (χ4n) is 2.70. The zero-order chi connectivity index (χ0) is 16.5. The maximum atomic E-state index is 5.82. The Hall–Kier alpha value is -2.47. The van der Waals surface area contributed by atoms with E-state index < -0.39 is 0 Å². The number of H-pyrrole nitrogens is 2. The Labute approximate surface area is 143 Å². The lowest BCUT2D eigenvalue weighted by molar-refractivity contribution is 0.341. The number of aromatic nitrogens is 4. The predicted molar refractivity (Wildman–Crippen MR) is 97.9 cm³/mol. The van der Waals surface area contributed by atoms with E-state index in [0.29, 0.717) is 6.61 Å². The Balaban J connectivity index is 1.42. The summed E-state index contributed by atoms with van der Waals surface area (Å²) < 4.78 is 5.82. The van der Waals surface area contributed by atoms with Gasteiger partial charge in [-0.3, -0.25) is 0 Å². The van der Waals surface area contributed by atoms with Crippen LogP contribution in [0.25, 0.3) is 22.1 Å². The highest BCUT2D eigenvalue weighted by molar-refractivity contribution is 7.99. The minimum absolute atomic E-state index is 0.647. The Morgan fingerprint density at radius 1 is 1.00 bits per heavy atom. The summed E-state index contributed by atoms with van der Waals surface area (Å²) in [5, 5.41) is 0.905. The average molecular weight is 338 g/mol. The standard InChI is InChI=1S/C18H18N4OS/c1-11-5-3-4-6-17(11)23-7-8-24-18-21-15-9-13-14(10-16(15)22-18)20-12(2)19-13/h3-6,9-10H,7-8H2,1-2H3,(H,19,20)(H,21,22). The number of hydrogen-bond acceptors (Lipinski definition) is 4. The fourth-order valence-corrected chi connectivity index (χ4v) is 3.40. The number of para-hydroxylation sites is 1. The summed E-state index contributed by atoms with van der Waals surface area (Å²) in [6, 6.07) is 12.1. The number of nitrogens with zero attached hydrogens (tertiary/aromatic N) is 2. The van der Waals surface area contributed by atoms with Gasteiger partial charge in [-0.2, -0.15) is 0 Å². The van der Waals surface area contributed by atoms with Crippen LogP contribution < -0.4 is 4.74 Å². The van der Waals surface area contributed by atoms with Crippen LogP contribution in [0.1, 0.15) is 11.4 Å². The van der Waals surface area contributed by atoms with E-state index in [4.69, 9.17) is 4.74 Å². The highest BCUT2D eigenvalue weighted by Crippen LogP contribution is 2.24. The number of imidazole rings is 2. The Bertz CT molecular complexity index is 954. The molecule has 24 heavy (non-hydrogen) atoms. The zero-order valence-electron chi connectivity index (χ0n) is 13.6. The Morgan fingerprint density at radius 2 is 1.79 bits per heavy atom. The molecule has 2 N–H and O–H groups in total. The van der Waals surface area contributed by atoms with E-state index in [2.05, 4.69) is 39.0 Å². The summed E-state index contributed by atoms with van der Waals surface area (Å²) in [7, 11) is 0. The minimum Gasteiger partial charge on any atom is -0.492 e. The normalized spacial score (nSPS) is 11.4. The molecule has 2 aromatic heterocycles. The minimum atomic E-state index is 0.647. The van der Waals surface area contributed by atoms with Crippen molar-refractivity contribution in [2.24, 2.45) is 0 Å². The topological polar surface area (TPSA) is 66.6 Å². The molecule has 0 spiro atoms. The SMILES string of the molecule is Cc1nc2cc3nc(SCCOc4ccccc4C)[nH]c3cc2[nH]1. The maximum absolute atomic E-state index is 5.82. The number of nitrogens with one attached hydrogen (secondary N) is 2. The van der Waals surface area contributed by atoms with Crippen molar-refractivity contribution >= 4 is 33.8 Å². The molecule has 0 aliphatic heterocycles. The summed E-state index contributed by atoms with van der Waals surface area (Å²) in [6.45, 7) is 4.66. The van der Waals surface area contributed by atoms with Crippen LogP contribution >= 0.6 is 11.8 Å². The van der Waals surface area contributed by atoms with Crippen molar-refractivity contribution in [3.63, 3.8) is 0 Å². The van der Waals surface area contributed by atoms with Gasteiger partial charge in [-0.1, -0.05) is 30.0 Å². The number of fused-ring (bicyclic) bond motifs is 2. The number of hydrogen-bond donors (Lipinski definition) is 2. The lowest BCUT2D eigenvalue weighted by Gasteiger charge is -2.07. The van der Waals surface area contributed by atoms with E-state index in [1.807, 2.05) is 31.2 Å². The molecule has 0 bridgehead atoms. The van der Waals surface area contributed by atoms with Crippen LogP contribution in [0.3, 0.4) is 0 Å². The van der Waals surface area contributed by atoms with Gasteiger partial charge in [-0.15, -0.1) is 0 Å². The van der Waals surface area contributed by atoms with Gasteiger partial charge in [0.15, 0.2) is 5.16 Å². The van der Waals surface area contributed by atoms with Crippen LogP contribution in [-0.4, -0.2) is 32.3 Å². The average Bonchev–Trinajstić information content (AvgIpc) is 3.11. The summed E-state index contributed by atoms with van der Waals surface area (Å²) in [5.41, 5.74) is 5.10. The zero-order valence-corrected chi connectivity index (χ0v) is 14.4. The van der Waals surface area contributed by atoms with Crippen LogP contribution in [0.2, 0.25) is 0 Å². The number of rotatable bonds is 5. The number of ether oxygens (including phenoxy) is 1. The largest absolute Gasteiger partial charge is 0.492 e. The molecule has 4 aromatic rings. The van der Waals surface area contributed by atoms with Crippen LogP contribution in [0.5, 0.6) is 5.75 Å². The van der Waals surface area contributed by atoms with Crippen LogP contribution in [0.4, 0.5) is 0 Å². The highest BCUT2D eigenvalue weighted by atomic mass is 32.2. The molecule has 6 heteroatoms. The highest BCUT2D eigenvalue weighted by Gasteiger charge is 2.07. The molecule has 0 saturated heterocycles. The lowest BCUT2D eigenvalue weighted by Crippen LogP contribution is -2.01. The van der Waals surface area contributed by atoms with Crippen molar-refractivity contribution in [3.8, 4) is 5.75 Å². The van der Waals surface area contributed by atoms with Crippen LogP contribution in [-0.2, 0) is 0 Å². The molecule has 0 unspecified atom stereocenters. The van der Waals surface area contributed by atoms with Crippen molar-refractivity contribution in [3.05, 3.63) is 47.8 Å². The van der Waals surface area contributed by atoms with Crippen molar-refractivity contribution < 1.29 is 4.74 Å². The quantitative estimate of drug-likeness (QED) is 0.422. The molecule has 4 rings (SSSR count). The monoisotopic (exact) mass is 338 g/mol. The summed E-state index contributed by atoms with van der Waals surface area (Å²) >= 11 is 1.66.